The van der Waals surface area contributed by atoms with Gasteiger partial charge in [-0.1, -0.05) is 12.1 Å². The summed E-state index contributed by atoms with van der Waals surface area (Å²) in [5.41, 5.74) is 5.45. The Morgan fingerprint density at radius 3 is 2.42 bits per heavy atom. The molecule has 0 amide bonds. The number of hydrogen-bond acceptors (Lipinski definition) is 2. The Morgan fingerprint density at radius 2 is 1.84 bits per heavy atom. The third-order valence-electron chi connectivity index (χ3n) is 2.79. The number of halogens is 3. The number of aromatic nitrogens is 2. The standard InChI is InChI=1S/C13H14F3N3/c14-13(15,16)11-4-2-10(3-5-11)12-18-7-9-19(12)8-1-6-17/h2-5,7,9H,1,6,8,17H2. The van der Waals surface area contributed by atoms with Gasteiger partial charge in [-0.3, -0.25) is 0 Å². The molecular weight excluding hydrogens is 255 g/mol. The van der Waals surface area contributed by atoms with Gasteiger partial charge in [-0.15, -0.1) is 0 Å². The van der Waals surface area contributed by atoms with Crippen molar-refractivity contribution in [3.8, 4) is 11.4 Å². The number of alkyl halides is 3. The molecule has 19 heavy (non-hydrogen) atoms. The molecule has 0 radical (unpaired) electrons. The van der Waals surface area contributed by atoms with Gasteiger partial charge in [0.25, 0.3) is 0 Å². The van der Waals surface area contributed by atoms with Gasteiger partial charge in [0, 0.05) is 24.5 Å². The third kappa shape index (κ3) is 3.14. The molecule has 0 aliphatic heterocycles. The topological polar surface area (TPSA) is 43.8 Å². The van der Waals surface area contributed by atoms with E-state index in [4.69, 9.17) is 5.73 Å². The van der Waals surface area contributed by atoms with Crippen molar-refractivity contribution in [1.82, 2.24) is 9.55 Å². The highest BCUT2D eigenvalue weighted by Gasteiger charge is 2.30. The van der Waals surface area contributed by atoms with E-state index in [0.29, 0.717) is 24.5 Å². The Bertz CT molecular complexity index is 529. The van der Waals surface area contributed by atoms with E-state index in [9.17, 15) is 13.2 Å². The largest absolute Gasteiger partial charge is 0.416 e. The normalized spacial score (nSPS) is 11.8. The zero-order valence-corrected chi connectivity index (χ0v) is 10.2. The van der Waals surface area contributed by atoms with Crippen molar-refractivity contribution < 1.29 is 13.2 Å². The molecule has 1 aromatic heterocycles. The van der Waals surface area contributed by atoms with Gasteiger partial charge in [0.1, 0.15) is 5.82 Å². The van der Waals surface area contributed by atoms with Crippen LogP contribution in [0.5, 0.6) is 0 Å². The van der Waals surface area contributed by atoms with Crippen molar-refractivity contribution in [2.75, 3.05) is 6.54 Å². The minimum atomic E-state index is -4.31. The number of benzene rings is 1. The Morgan fingerprint density at radius 1 is 1.16 bits per heavy atom. The number of aryl methyl sites for hydroxylation is 1. The van der Waals surface area contributed by atoms with Crippen LogP contribution >= 0.6 is 0 Å². The fourth-order valence-electron chi connectivity index (χ4n) is 1.82. The molecule has 0 aliphatic carbocycles. The molecule has 0 saturated heterocycles. The van der Waals surface area contributed by atoms with Crippen LogP contribution < -0.4 is 5.73 Å². The maximum absolute atomic E-state index is 12.5. The highest BCUT2D eigenvalue weighted by Crippen LogP contribution is 2.30. The first-order valence-electron chi connectivity index (χ1n) is 5.91. The average Bonchev–Trinajstić information content (AvgIpc) is 2.83. The number of hydrogen-bond donors (Lipinski definition) is 1. The first-order chi connectivity index (χ1) is 9.02. The molecule has 0 atom stereocenters. The summed E-state index contributed by atoms with van der Waals surface area (Å²) in [6, 6.07) is 5.00. The van der Waals surface area contributed by atoms with E-state index in [1.54, 1.807) is 12.4 Å². The molecule has 2 N–H and O–H groups in total. The lowest BCUT2D eigenvalue weighted by molar-refractivity contribution is -0.137. The maximum Gasteiger partial charge on any atom is 0.416 e. The highest BCUT2D eigenvalue weighted by atomic mass is 19.4. The first-order valence-corrected chi connectivity index (χ1v) is 5.91. The fourth-order valence-corrected chi connectivity index (χ4v) is 1.82. The molecule has 3 nitrogen and oxygen atoms in total. The zero-order valence-electron chi connectivity index (χ0n) is 10.2. The Labute approximate surface area is 108 Å². The average molecular weight is 269 g/mol. The van der Waals surface area contributed by atoms with E-state index in [1.165, 1.54) is 12.1 Å². The van der Waals surface area contributed by atoms with Crippen LogP contribution in [0.15, 0.2) is 36.7 Å². The molecule has 2 rings (SSSR count). The summed E-state index contributed by atoms with van der Waals surface area (Å²) in [6.45, 7) is 1.26. The lowest BCUT2D eigenvalue weighted by Gasteiger charge is -2.09. The van der Waals surface area contributed by atoms with Gasteiger partial charge in [0.05, 0.1) is 5.56 Å². The highest BCUT2D eigenvalue weighted by molar-refractivity contribution is 5.56. The first kappa shape index (κ1) is 13.6. The van der Waals surface area contributed by atoms with E-state index in [1.807, 2.05) is 4.57 Å². The molecule has 0 spiro atoms. The van der Waals surface area contributed by atoms with E-state index < -0.39 is 11.7 Å². The van der Waals surface area contributed by atoms with Gasteiger partial charge in [0.15, 0.2) is 0 Å². The predicted molar refractivity (Wildman–Crippen MR) is 66.3 cm³/mol. The van der Waals surface area contributed by atoms with Gasteiger partial charge >= 0.3 is 6.18 Å². The van der Waals surface area contributed by atoms with Gasteiger partial charge in [-0.2, -0.15) is 13.2 Å². The molecule has 1 aromatic carbocycles. The van der Waals surface area contributed by atoms with Crippen molar-refractivity contribution in [1.29, 1.82) is 0 Å². The maximum atomic E-state index is 12.5. The SMILES string of the molecule is NCCCn1ccnc1-c1ccc(C(F)(F)F)cc1. The second-order valence-corrected chi connectivity index (χ2v) is 4.16. The number of imidazole rings is 1. The Kier molecular flexibility index (Phi) is 3.90. The van der Waals surface area contributed by atoms with Crippen molar-refractivity contribution in [2.45, 2.75) is 19.1 Å². The zero-order chi connectivity index (χ0) is 13.9. The van der Waals surface area contributed by atoms with Gasteiger partial charge in [-0.05, 0) is 25.1 Å². The second-order valence-electron chi connectivity index (χ2n) is 4.16. The van der Waals surface area contributed by atoms with Crippen molar-refractivity contribution in [2.24, 2.45) is 5.73 Å². The third-order valence-corrected chi connectivity index (χ3v) is 2.79. The monoisotopic (exact) mass is 269 g/mol. The predicted octanol–water partition coefficient (Wildman–Crippen LogP) is 2.92. The molecule has 1 heterocycles. The van der Waals surface area contributed by atoms with Crippen LogP contribution in [0.25, 0.3) is 11.4 Å². The summed E-state index contributed by atoms with van der Waals surface area (Å²) in [4.78, 5) is 4.17. The van der Waals surface area contributed by atoms with Crippen LogP contribution in [0, 0.1) is 0 Å². The summed E-state index contributed by atoms with van der Waals surface area (Å²) in [5, 5.41) is 0. The van der Waals surface area contributed by atoms with Crippen molar-refractivity contribution in [3.63, 3.8) is 0 Å². The van der Waals surface area contributed by atoms with Crippen LogP contribution in [0.2, 0.25) is 0 Å². The van der Waals surface area contributed by atoms with Crippen LogP contribution in [0.3, 0.4) is 0 Å². The number of nitrogens with zero attached hydrogens (tertiary/aromatic N) is 2. The number of rotatable bonds is 4. The molecule has 2 aromatic rings. The van der Waals surface area contributed by atoms with E-state index in [2.05, 4.69) is 4.98 Å². The summed E-state index contributed by atoms with van der Waals surface area (Å²) in [6.07, 6.45) is -0.0936. The quantitative estimate of drug-likeness (QED) is 0.927. The van der Waals surface area contributed by atoms with Crippen LogP contribution in [-0.2, 0) is 12.7 Å². The van der Waals surface area contributed by atoms with Gasteiger partial charge in [0.2, 0.25) is 0 Å². The molecule has 0 saturated carbocycles. The molecule has 102 valence electrons. The lowest BCUT2D eigenvalue weighted by Crippen LogP contribution is -2.07. The number of nitrogens with two attached hydrogens (primary N) is 1. The second kappa shape index (κ2) is 5.44. The molecule has 6 heteroatoms. The lowest BCUT2D eigenvalue weighted by atomic mass is 10.1. The summed E-state index contributed by atoms with van der Waals surface area (Å²) >= 11 is 0. The Hall–Kier alpha value is -1.82. The molecular formula is C13H14F3N3. The van der Waals surface area contributed by atoms with Gasteiger partial charge < -0.3 is 10.3 Å². The fraction of sp³-hybridized carbons (Fsp3) is 0.308. The van der Waals surface area contributed by atoms with E-state index in [-0.39, 0.29) is 0 Å². The molecule has 0 aliphatic rings. The van der Waals surface area contributed by atoms with Crippen LogP contribution in [0.1, 0.15) is 12.0 Å². The minimum absolute atomic E-state index is 0.560. The summed E-state index contributed by atoms with van der Waals surface area (Å²) < 4.78 is 39.3. The Balaban J connectivity index is 2.25. The molecule has 0 bridgehead atoms. The van der Waals surface area contributed by atoms with E-state index >= 15 is 0 Å². The van der Waals surface area contributed by atoms with Crippen molar-refractivity contribution in [3.05, 3.63) is 42.2 Å². The van der Waals surface area contributed by atoms with Gasteiger partial charge in [-0.25, -0.2) is 4.98 Å². The summed E-state index contributed by atoms with van der Waals surface area (Å²) in [7, 11) is 0. The summed E-state index contributed by atoms with van der Waals surface area (Å²) in [5.74, 6) is 0.655. The molecule has 0 fully saturated rings. The molecule has 0 unspecified atom stereocenters. The van der Waals surface area contributed by atoms with Crippen molar-refractivity contribution >= 4 is 0 Å². The van der Waals surface area contributed by atoms with Crippen LogP contribution in [-0.4, -0.2) is 16.1 Å². The smallest absolute Gasteiger partial charge is 0.331 e. The minimum Gasteiger partial charge on any atom is -0.331 e. The van der Waals surface area contributed by atoms with E-state index in [0.717, 1.165) is 18.6 Å². The van der Waals surface area contributed by atoms with Crippen LogP contribution in [0.4, 0.5) is 13.2 Å².